The predicted octanol–water partition coefficient (Wildman–Crippen LogP) is -0.948. The highest BCUT2D eigenvalue weighted by atomic mass is 16.4. The number of rotatable bonds is 16. The van der Waals surface area contributed by atoms with Crippen LogP contribution in [0.5, 0.6) is 0 Å². The molecule has 222 valence electrons. The molecule has 1 aromatic carbocycles. The number of aliphatic carboxylic acids is 1. The smallest absolute Gasteiger partial charge is 0.326 e. The number of nitrogens with one attached hydrogen (secondary N) is 5. The molecule has 5 unspecified atom stereocenters. The third-order valence-corrected chi connectivity index (χ3v) is 6.73. The number of aliphatic hydroxyl groups excluding tert-OH is 1. The van der Waals surface area contributed by atoms with Crippen LogP contribution in [0, 0.1) is 0 Å². The maximum atomic E-state index is 13.4. The summed E-state index contributed by atoms with van der Waals surface area (Å²) in [7, 11) is 0. The summed E-state index contributed by atoms with van der Waals surface area (Å²) in [5.41, 5.74) is 13.4. The highest BCUT2D eigenvalue weighted by molar-refractivity contribution is 5.94. The summed E-state index contributed by atoms with van der Waals surface area (Å²) < 4.78 is 0. The van der Waals surface area contributed by atoms with Crippen LogP contribution in [0.25, 0.3) is 10.9 Å². The molecule has 0 bridgehead atoms. The van der Waals surface area contributed by atoms with Crippen molar-refractivity contribution < 1.29 is 29.4 Å². The maximum Gasteiger partial charge on any atom is 0.326 e. The number of carboxylic acid groups (broad SMARTS) is 1. The van der Waals surface area contributed by atoms with Crippen LogP contribution in [0.4, 0.5) is 0 Å². The second kappa shape index (κ2) is 14.9. The third kappa shape index (κ3) is 8.86. The summed E-state index contributed by atoms with van der Waals surface area (Å²) in [5.74, 6) is -3.37. The third-order valence-electron chi connectivity index (χ3n) is 6.73. The Kier molecular flexibility index (Phi) is 11.4. The quantitative estimate of drug-likeness (QED) is 0.0963. The zero-order valence-corrected chi connectivity index (χ0v) is 22.8. The molecule has 0 aliphatic rings. The van der Waals surface area contributed by atoms with Gasteiger partial charge in [-0.3, -0.25) is 14.4 Å². The molecule has 0 aliphatic carbocycles. The average Bonchev–Trinajstić information content (AvgIpc) is 3.61. The molecule has 11 N–H and O–H groups in total. The minimum atomic E-state index is -1.29. The largest absolute Gasteiger partial charge is 0.480 e. The van der Waals surface area contributed by atoms with Gasteiger partial charge in [-0.25, -0.2) is 9.78 Å². The highest BCUT2D eigenvalue weighted by Gasteiger charge is 2.31. The molecule has 3 amide bonds. The molecule has 41 heavy (non-hydrogen) atoms. The number of para-hydroxylation sites is 1. The Bertz CT molecular complexity index is 1310. The summed E-state index contributed by atoms with van der Waals surface area (Å²) in [6.45, 7) is 1.74. The monoisotopic (exact) mass is 570 g/mol. The Hall–Kier alpha value is -4.27. The first-order valence-electron chi connectivity index (χ1n) is 13.4. The summed E-state index contributed by atoms with van der Waals surface area (Å²) in [4.78, 5) is 61.3. The molecule has 5 atom stereocenters. The van der Waals surface area contributed by atoms with Crippen molar-refractivity contribution in [2.24, 2.45) is 11.5 Å². The molecule has 2 heterocycles. The van der Waals surface area contributed by atoms with E-state index >= 15 is 0 Å². The Morgan fingerprint density at radius 3 is 2.29 bits per heavy atom. The van der Waals surface area contributed by atoms with E-state index in [2.05, 4.69) is 30.9 Å². The maximum absolute atomic E-state index is 13.4. The van der Waals surface area contributed by atoms with E-state index in [1.54, 1.807) is 6.20 Å². The van der Waals surface area contributed by atoms with Crippen LogP contribution in [0.2, 0.25) is 0 Å². The van der Waals surface area contributed by atoms with Gasteiger partial charge in [0.25, 0.3) is 0 Å². The Morgan fingerprint density at radius 2 is 1.63 bits per heavy atom. The van der Waals surface area contributed by atoms with Gasteiger partial charge < -0.3 is 47.6 Å². The molecule has 14 nitrogen and oxygen atoms in total. The topological polar surface area (TPSA) is 241 Å². The number of benzene rings is 1. The number of hydrogen-bond acceptors (Lipinski definition) is 8. The number of fused-ring (bicyclic) bond motifs is 1. The molecule has 0 saturated heterocycles. The molecule has 0 radical (unpaired) electrons. The van der Waals surface area contributed by atoms with Crippen molar-refractivity contribution in [1.82, 2.24) is 30.9 Å². The number of imidazole rings is 1. The lowest BCUT2D eigenvalue weighted by atomic mass is 10.0. The number of unbranched alkanes of at least 4 members (excludes halogenated alkanes) is 1. The molecule has 14 heteroatoms. The van der Waals surface area contributed by atoms with Crippen LogP contribution in [0.1, 0.15) is 37.4 Å². The van der Waals surface area contributed by atoms with E-state index in [1.807, 2.05) is 24.3 Å². The van der Waals surface area contributed by atoms with Gasteiger partial charge in [0.2, 0.25) is 17.7 Å². The lowest BCUT2D eigenvalue weighted by Crippen LogP contribution is -2.58. The normalized spacial score (nSPS) is 14.9. The summed E-state index contributed by atoms with van der Waals surface area (Å²) in [5, 5.41) is 28.1. The number of aliphatic hydroxyl groups is 1. The average molecular weight is 571 g/mol. The van der Waals surface area contributed by atoms with Gasteiger partial charge in [-0.1, -0.05) is 18.2 Å². The van der Waals surface area contributed by atoms with Gasteiger partial charge in [-0.05, 0) is 44.4 Å². The molecular weight excluding hydrogens is 532 g/mol. The molecule has 3 aromatic rings. The lowest BCUT2D eigenvalue weighted by molar-refractivity contribution is -0.142. The Morgan fingerprint density at radius 1 is 0.951 bits per heavy atom. The zero-order valence-electron chi connectivity index (χ0n) is 22.8. The van der Waals surface area contributed by atoms with E-state index in [0.717, 1.165) is 10.9 Å². The standard InChI is InChI=1S/C27H38N8O6/c1-15(36)23(29)26(39)33-20(8-4-5-9-28)24(37)34-21(11-17-13-30-14-32-17)25(38)35-22(27(40)41)10-16-12-31-19-7-3-2-6-18(16)19/h2-3,6-7,12-15,20-23,31,36H,4-5,8-11,28-29H2,1H3,(H,30,32)(H,33,39)(H,34,37)(H,35,38)(H,40,41). The van der Waals surface area contributed by atoms with Gasteiger partial charge in [0.05, 0.1) is 12.4 Å². The van der Waals surface area contributed by atoms with Crippen LogP contribution in [0.15, 0.2) is 43.0 Å². The van der Waals surface area contributed by atoms with Crippen molar-refractivity contribution in [2.75, 3.05) is 6.54 Å². The number of carbonyl (C=O) groups excluding carboxylic acids is 3. The minimum Gasteiger partial charge on any atom is -0.480 e. The number of carboxylic acids is 1. The number of nitrogens with zero attached hydrogens (tertiary/aromatic N) is 1. The van der Waals surface area contributed by atoms with Crippen molar-refractivity contribution in [2.45, 2.75) is 69.3 Å². The molecule has 0 spiro atoms. The van der Waals surface area contributed by atoms with Gasteiger partial charge in [0.15, 0.2) is 0 Å². The molecule has 0 fully saturated rings. The van der Waals surface area contributed by atoms with Crippen molar-refractivity contribution in [3.8, 4) is 0 Å². The van der Waals surface area contributed by atoms with Gasteiger partial charge >= 0.3 is 5.97 Å². The number of hydrogen-bond donors (Lipinski definition) is 9. The van der Waals surface area contributed by atoms with E-state index in [0.29, 0.717) is 30.6 Å². The van der Waals surface area contributed by atoms with Crippen LogP contribution < -0.4 is 27.4 Å². The van der Waals surface area contributed by atoms with Crippen molar-refractivity contribution in [1.29, 1.82) is 0 Å². The van der Waals surface area contributed by atoms with E-state index in [4.69, 9.17) is 11.5 Å². The fourth-order valence-corrected chi connectivity index (χ4v) is 4.34. The first-order valence-corrected chi connectivity index (χ1v) is 13.4. The predicted molar refractivity (Wildman–Crippen MR) is 150 cm³/mol. The zero-order chi connectivity index (χ0) is 29.9. The second-order valence-corrected chi connectivity index (χ2v) is 9.92. The van der Waals surface area contributed by atoms with Gasteiger partial charge in [0.1, 0.15) is 24.2 Å². The van der Waals surface area contributed by atoms with E-state index in [-0.39, 0.29) is 19.3 Å². The number of aromatic amines is 2. The van der Waals surface area contributed by atoms with Gasteiger partial charge in [-0.15, -0.1) is 0 Å². The number of carbonyl (C=O) groups is 4. The Labute approximate surface area is 236 Å². The molecule has 3 rings (SSSR count). The molecule has 0 aliphatic heterocycles. The summed E-state index contributed by atoms with van der Waals surface area (Å²) in [6, 6.07) is 2.58. The first kappa shape index (κ1) is 31.3. The SMILES string of the molecule is CC(O)C(N)C(=O)NC(CCCCN)C(=O)NC(Cc1cnc[nH]1)C(=O)NC(Cc1c[nH]c2ccccc12)C(=O)O. The van der Waals surface area contributed by atoms with Crippen molar-refractivity contribution >= 4 is 34.6 Å². The van der Waals surface area contributed by atoms with Crippen molar-refractivity contribution in [3.63, 3.8) is 0 Å². The van der Waals surface area contributed by atoms with Crippen LogP contribution >= 0.6 is 0 Å². The van der Waals surface area contributed by atoms with Crippen LogP contribution in [0.3, 0.4) is 0 Å². The van der Waals surface area contributed by atoms with E-state index in [9.17, 15) is 29.4 Å². The molecular formula is C27H38N8O6. The number of nitrogens with two attached hydrogens (primary N) is 2. The Balaban J connectivity index is 1.78. The molecule has 0 saturated carbocycles. The fourth-order valence-electron chi connectivity index (χ4n) is 4.34. The van der Waals surface area contributed by atoms with Crippen LogP contribution in [-0.2, 0) is 32.0 Å². The van der Waals surface area contributed by atoms with Gasteiger partial charge in [-0.2, -0.15) is 0 Å². The fraction of sp³-hybridized carbons (Fsp3) is 0.444. The van der Waals surface area contributed by atoms with E-state index in [1.165, 1.54) is 19.4 Å². The summed E-state index contributed by atoms with van der Waals surface area (Å²) in [6.07, 6.45) is 4.73. The highest BCUT2D eigenvalue weighted by Crippen LogP contribution is 2.19. The van der Waals surface area contributed by atoms with Crippen molar-refractivity contribution in [3.05, 3.63) is 54.2 Å². The number of amides is 3. The summed E-state index contributed by atoms with van der Waals surface area (Å²) >= 11 is 0. The number of aromatic nitrogens is 3. The van der Waals surface area contributed by atoms with E-state index < -0.39 is 54.0 Å². The minimum absolute atomic E-state index is 0.00478. The number of H-pyrrole nitrogens is 2. The first-order chi connectivity index (χ1) is 19.6. The second-order valence-electron chi connectivity index (χ2n) is 9.92. The molecule has 2 aromatic heterocycles. The lowest BCUT2D eigenvalue weighted by Gasteiger charge is -2.25. The van der Waals surface area contributed by atoms with Crippen LogP contribution in [-0.4, -0.2) is 85.7 Å². The van der Waals surface area contributed by atoms with Gasteiger partial charge in [0, 0.05) is 41.8 Å².